The van der Waals surface area contributed by atoms with Gasteiger partial charge in [-0.3, -0.25) is 9.59 Å². The van der Waals surface area contributed by atoms with Crippen LogP contribution in [0.3, 0.4) is 0 Å². The second-order valence-corrected chi connectivity index (χ2v) is 5.67. The first-order chi connectivity index (χ1) is 9.78. The Hall–Kier alpha value is -2.07. The van der Waals surface area contributed by atoms with E-state index in [4.69, 9.17) is 0 Å². The Morgan fingerprint density at radius 2 is 2.00 bits per heavy atom. The van der Waals surface area contributed by atoms with E-state index in [9.17, 15) is 9.59 Å². The molecule has 0 amide bonds. The lowest BCUT2D eigenvalue weighted by Crippen LogP contribution is -2.32. The van der Waals surface area contributed by atoms with Crippen molar-refractivity contribution >= 4 is 40.7 Å². The standard InChI is InChI=1S/C16H13NO2S/c18-9-15(19)14-10-20-16(17-14)8-12-6-3-5-11-4-1-2-7-13(11)12/h1-9,14,17H,10H2. The maximum atomic E-state index is 11.4. The summed E-state index contributed by atoms with van der Waals surface area (Å²) >= 11 is 1.57. The molecule has 0 radical (unpaired) electrons. The zero-order valence-electron chi connectivity index (χ0n) is 10.7. The molecule has 20 heavy (non-hydrogen) atoms. The first-order valence-electron chi connectivity index (χ1n) is 6.36. The number of aldehydes is 1. The minimum Gasteiger partial charge on any atom is -0.369 e. The molecule has 3 rings (SSSR count). The third-order valence-electron chi connectivity index (χ3n) is 3.29. The van der Waals surface area contributed by atoms with Gasteiger partial charge in [-0.1, -0.05) is 42.5 Å². The molecule has 2 aromatic rings. The van der Waals surface area contributed by atoms with Crippen molar-refractivity contribution in [2.24, 2.45) is 0 Å². The second kappa shape index (κ2) is 5.51. The van der Waals surface area contributed by atoms with Gasteiger partial charge in [-0.2, -0.15) is 0 Å². The summed E-state index contributed by atoms with van der Waals surface area (Å²) in [5.74, 6) is 0.215. The van der Waals surface area contributed by atoms with Crippen LogP contribution in [0.4, 0.5) is 0 Å². The van der Waals surface area contributed by atoms with E-state index in [-0.39, 0.29) is 5.78 Å². The first-order valence-corrected chi connectivity index (χ1v) is 7.34. The van der Waals surface area contributed by atoms with Crippen LogP contribution >= 0.6 is 11.8 Å². The molecular weight excluding hydrogens is 270 g/mol. The van der Waals surface area contributed by atoms with Gasteiger partial charge < -0.3 is 5.32 Å². The van der Waals surface area contributed by atoms with Crippen LogP contribution < -0.4 is 5.32 Å². The summed E-state index contributed by atoms with van der Waals surface area (Å²) in [6, 6.07) is 13.9. The molecule has 1 saturated heterocycles. The largest absolute Gasteiger partial charge is 0.369 e. The fraction of sp³-hybridized carbons (Fsp3) is 0.125. The van der Waals surface area contributed by atoms with Crippen LogP contribution in [0.15, 0.2) is 47.5 Å². The van der Waals surface area contributed by atoms with Gasteiger partial charge in [0.05, 0.1) is 5.03 Å². The summed E-state index contributed by atoms with van der Waals surface area (Å²) in [5.41, 5.74) is 1.11. The van der Waals surface area contributed by atoms with Gasteiger partial charge in [0.1, 0.15) is 6.04 Å². The van der Waals surface area contributed by atoms with Crippen molar-refractivity contribution < 1.29 is 9.59 Å². The Kier molecular flexibility index (Phi) is 3.56. The number of hydrogen-bond acceptors (Lipinski definition) is 4. The maximum Gasteiger partial charge on any atom is 0.218 e. The molecule has 1 fully saturated rings. The smallest absolute Gasteiger partial charge is 0.218 e. The van der Waals surface area contributed by atoms with Gasteiger partial charge in [0.25, 0.3) is 0 Å². The molecule has 0 bridgehead atoms. The molecule has 2 aromatic carbocycles. The Morgan fingerprint density at radius 1 is 1.20 bits per heavy atom. The Balaban J connectivity index is 1.92. The zero-order chi connectivity index (χ0) is 13.9. The monoisotopic (exact) mass is 283 g/mol. The van der Waals surface area contributed by atoms with Gasteiger partial charge in [-0.05, 0) is 22.4 Å². The van der Waals surface area contributed by atoms with Crippen molar-refractivity contribution in [1.82, 2.24) is 5.32 Å². The molecule has 0 aliphatic carbocycles. The van der Waals surface area contributed by atoms with Crippen LogP contribution in [0.2, 0.25) is 0 Å². The van der Waals surface area contributed by atoms with Crippen molar-refractivity contribution in [2.75, 3.05) is 5.75 Å². The lowest BCUT2D eigenvalue weighted by Gasteiger charge is -2.06. The lowest BCUT2D eigenvalue weighted by atomic mass is 10.0. The number of carbonyl (C=O) groups excluding carboxylic acids is 2. The molecule has 1 unspecified atom stereocenters. The van der Waals surface area contributed by atoms with Gasteiger partial charge >= 0.3 is 0 Å². The van der Waals surface area contributed by atoms with E-state index in [0.29, 0.717) is 12.0 Å². The van der Waals surface area contributed by atoms with E-state index in [0.717, 1.165) is 10.6 Å². The van der Waals surface area contributed by atoms with E-state index in [1.54, 1.807) is 11.8 Å². The maximum absolute atomic E-state index is 11.4. The Morgan fingerprint density at radius 3 is 2.85 bits per heavy atom. The highest BCUT2D eigenvalue weighted by atomic mass is 32.2. The quantitative estimate of drug-likeness (QED) is 0.695. The van der Waals surface area contributed by atoms with Crippen molar-refractivity contribution in [3.8, 4) is 0 Å². The zero-order valence-corrected chi connectivity index (χ0v) is 11.5. The Bertz CT molecular complexity index is 703. The predicted molar refractivity (Wildman–Crippen MR) is 82.4 cm³/mol. The lowest BCUT2D eigenvalue weighted by molar-refractivity contribution is -0.130. The molecule has 1 aliphatic rings. The number of fused-ring (bicyclic) bond motifs is 1. The summed E-state index contributed by atoms with van der Waals surface area (Å²) in [7, 11) is 0. The fourth-order valence-corrected chi connectivity index (χ4v) is 3.29. The molecular formula is C16H13NO2S. The number of thioether (sulfide) groups is 1. The van der Waals surface area contributed by atoms with Crippen molar-refractivity contribution in [2.45, 2.75) is 6.04 Å². The van der Waals surface area contributed by atoms with Crippen molar-refractivity contribution in [1.29, 1.82) is 0 Å². The highest BCUT2D eigenvalue weighted by Crippen LogP contribution is 2.27. The summed E-state index contributed by atoms with van der Waals surface area (Å²) in [5, 5.41) is 6.39. The molecule has 0 spiro atoms. The molecule has 1 N–H and O–H groups in total. The predicted octanol–water partition coefficient (Wildman–Crippen LogP) is 2.61. The highest BCUT2D eigenvalue weighted by molar-refractivity contribution is 8.03. The molecule has 4 heteroatoms. The molecule has 0 aromatic heterocycles. The second-order valence-electron chi connectivity index (χ2n) is 4.61. The van der Waals surface area contributed by atoms with Crippen molar-refractivity contribution in [3.63, 3.8) is 0 Å². The van der Waals surface area contributed by atoms with Gasteiger partial charge in [-0.25, -0.2) is 0 Å². The molecule has 0 saturated carbocycles. The summed E-state index contributed by atoms with van der Waals surface area (Å²) in [6.45, 7) is 0. The topological polar surface area (TPSA) is 46.2 Å². The summed E-state index contributed by atoms with van der Waals surface area (Å²) in [6.07, 6.45) is 2.42. The van der Waals surface area contributed by atoms with Gasteiger partial charge in [0, 0.05) is 5.75 Å². The van der Waals surface area contributed by atoms with Gasteiger partial charge in [-0.15, -0.1) is 11.8 Å². The number of Topliss-reactive ketones (excluding diaryl/α,β-unsaturated/α-hetero) is 1. The number of rotatable bonds is 3. The highest BCUT2D eigenvalue weighted by Gasteiger charge is 2.25. The molecule has 1 aliphatic heterocycles. The minimum absolute atomic E-state index is 0.388. The average Bonchev–Trinajstić information content (AvgIpc) is 2.95. The van der Waals surface area contributed by atoms with Crippen LogP contribution in [0, 0.1) is 0 Å². The van der Waals surface area contributed by atoms with Crippen LogP contribution in [-0.2, 0) is 9.59 Å². The van der Waals surface area contributed by atoms with Crippen LogP contribution in [0.1, 0.15) is 5.56 Å². The van der Waals surface area contributed by atoms with Gasteiger partial charge in [0.2, 0.25) is 5.78 Å². The number of nitrogens with one attached hydrogen (secondary N) is 1. The van der Waals surface area contributed by atoms with E-state index < -0.39 is 6.04 Å². The number of ketones is 1. The molecule has 1 atom stereocenters. The van der Waals surface area contributed by atoms with Crippen LogP contribution in [0.5, 0.6) is 0 Å². The van der Waals surface area contributed by atoms with Crippen LogP contribution in [-0.4, -0.2) is 23.9 Å². The van der Waals surface area contributed by atoms with E-state index in [1.165, 1.54) is 10.8 Å². The molecule has 1 heterocycles. The fourth-order valence-electron chi connectivity index (χ4n) is 2.26. The molecule has 100 valence electrons. The average molecular weight is 283 g/mol. The minimum atomic E-state index is -0.390. The summed E-state index contributed by atoms with van der Waals surface area (Å²) < 4.78 is 0. The number of carbonyl (C=O) groups is 2. The first kappa shape index (κ1) is 12.9. The van der Waals surface area contributed by atoms with E-state index in [2.05, 4.69) is 23.5 Å². The van der Waals surface area contributed by atoms with Crippen molar-refractivity contribution in [3.05, 3.63) is 53.1 Å². The van der Waals surface area contributed by atoms with E-state index in [1.807, 2.05) is 30.3 Å². The van der Waals surface area contributed by atoms with Crippen LogP contribution in [0.25, 0.3) is 16.8 Å². The molecule has 3 nitrogen and oxygen atoms in total. The third-order valence-corrected chi connectivity index (χ3v) is 4.34. The summed E-state index contributed by atoms with van der Waals surface area (Å²) in [4.78, 5) is 21.9. The number of benzene rings is 2. The SMILES string of the molecule is O=CC(=O)C1CSC(=Cc2cccc3ccccc23)N1. The third kappa shape index (κ3) is 2.47. The Labute approximate surface area is 121 Å². The van der Waals surface area contributed by atoms with E-state index >= 15 is 0 Å². The normalized spacial score (nSPS) is 20.0. The number of hydrogen-bond donors (Lipinski definition) is 1. The van der Waals surface area contributed by atoms with Gasteiger partial charge in [0.15, 0.2) is 6.29 Å².